The summed E-state index contributed by atoms with van der Waals surface area (Å²) in [7, 11) is 0. The molecule has 1 aromatic rings. The second-order valence-electron chi connectivity index (χ2n) is 5.31. The SMILES string of the molecule is CC[C@H](C)[C@@H](C)NC(=O)N[C@@H](C)C(=O)NCc1ccco1. The molecule has 0 saturated carbocycles. The van der Waals surface area contributed by atoms with Crippen molar-refractivity contribution in [3.05, 3.63) is 24.2 Å². The van der Waals surface area contributed by atoms with Crippen LogP contribution in [0.5, 0.6) is 0 Å². The zero-order valence-electron chi connectivity index (χ0n) is 13.1. The summed E-state index contributed by atoms with van der Waals surface area (Å²) in [5.41, 5.74) is 0. The van der Waals surface area contributed by atoms with Gasteiger partial charge < -0.3 is 20.4 Å². The lowest BCUT2D eigenvalue weighted by Crippen LogP contribution is -2.51. The quantitative estimate of drug-likeness (QED) is 0.719. The zero-order chi connectivity index (χ0) is 15.8. The third-order valence-corrected chi connectivity index (χ3v) is 3.61. The summed E-state index contributed by atoms with van der Waals surface area (Å²) in [4.78, 5) is 23.7. The van der Waals surface area contributed by atoms with Gasteiger partial charge in [0.25, 0.3) is 0 Å². The Kier molecular flexibility index (Phi) is 6.78. The number of hydrogen-bond acceptors (Lipinski definition) is 3. The molecule has 6 heteroatoms. The van der Waals surface area contributed by atoms with Gasteiger partial charge in [0.15, 0.2) is 0 Å². The first-order valence-electron chi connectivity index (χ1n) is 7.31. The fourth-order valence-electron chi connectivity index (χ4n) is 1.75. The standard InChI is InChI=1S/C15H25N3O3/c1-5-10(2)11(3)17-15(20)18-12(4)14(19)16-9-13-7-6-8-21-13/h6-8,10-12H,5,9H2,1-4H3,(H,16,19)(H2,17,18,20)/t10-,11+,12-/m0/s1. The molecule has 0 spiro atoms. The van der Waals surface area contributed by atoms with Crippen molar-refractivity contribution in [1.82, 2.24) is 16.0 Å². The number of carbonyl (C=O) groups excluding carboxylic acids is 2. The van der Waals surface area contributed by atoms with Crippen LogP contribution in [0.15, 0.2) is 22.8 Å². The average Bonchev–Trinajstić information content (AvgIpc) is 2.96. The number of furan rings is 1. The van der Waals surface area contributed by atoms with E-state index in [1.807, 2.05) is 6.92 Å². The van der Waals surface area contributed by atoms with Crippen molar-refractivity contribution >= 4 is 11.9 Å². The van der Waals surface area contributed by atoms with Crippen LogP contribution in [0.4, 0.5) is 4.79 Å². The van der Waals surface area contributed by atoms with E-state index >= 15 is 0 Å². The van der Waals surface area contributed by atoms with E-state index in [9.17, 15) is 9.59 Å². The number of rotatable bonds is 7. The van der Waals surface area contributed by atoms with Gasteiger partial charge in [0, 0.05) is 6.04 Å². The van der Waals surface area contributed by atoms with E-state index in [2.05, 4.69) is 29.8 Å². The van der Waals surface area contributed by atoms with E-state index in [0.717, 1.165) is 6.42 Å². The van der Waals surface area contributed by atoms with Crippen LogP contribution in [0, 0.1) is 5.92 Å². The second kappa shape index (κ2) is 8.34. The van der Waals surface area contributed by atoms with Crippen LogP contribution in [0.25, 0.3) is 0 Å². The van der Waals surface area contributed by atoms with Crippen molar-refractivity contribution in [2.45, 2.75) is 52.7 Å². The number of urea groups is 1. The molecular weight excluding hydrogens is 270 g/mol. The molecule has 118 valence electrons. The summed E-state index contributed by atoms with van der Waals surface area (Å²) in [6.45, 7) is 8.05. The van der Waals surface area contributed by atoms with Crippen LogP contribution >= 0.6 is 0 Å². The van der Waals surface area contributed by atoms with Gasteiger partial charge in [-0.05, 0) is 31.9 Å². The fraction of sp³-hybridized carbons (Fsp3) is 0.600. The third kappa shape index (κ3) is 5.89. The smallest absolute Gasteiger partial charge is 0.315 e. The van der Waals surface area contributed by atoms with Crippen molar-refractivity contribution in [3.63, 3.8) is 0 Å². The van der Waals surface area contributed by atoms with Crippen molar-refractivity contribution in [2.75, 3.05) is 0 Å². The average molecular weight is 295 g/mol. The summed E-state index contributed by atoms with van der Waals surface area (Å²) in [6.07, 6.45) is 2.54. The number of nitrogens with one attached hydrogen (secondary N) is 3. The van der Waals surface area contributed by atoms with E-state index in [1.54, 1.807) is 25.3 Å². The van der Waals surface area contributed by atoms with E-state index in [4.69, 9.17) is 4.42 Å². The first-order valence-corrected chi connectivity index (χ1v) is 7.31. The van der Waals surface area contributed by atoms with Crippen LogP contribution in [-0.2, 0) is 11.3 Å². The number of carbonyl (C=O) groups is 2. The zero-order valence-corrected chi connectivity index (χ0v) is 13.1. The Hall–Kier alpha value is -1.98. The lowest BCUT2D eigenvalue weighted by atomic mass is 10.0. The van der Waals surface area contributed by atoms with Gasteiger partial charge in [-0.25, -0.2) is 4.79 Å². The van der Waals surface area contributed by atoms with Crippen LogP contribution < -0.4 is 16.0 Å². The molecule has 0 aliphatic carbocycles. The van der Waals surface area contributed by atoms with Crippen LogP contribution in [0.1, 0.15) is 39.9 Å². The van der Waals surface area contributed by atoms with Gasteiger partial charge in [-0.15, -0.1) is 0 Å². The normalized spacial score (nSPS) is 14.9. The van der Waals surface area contributed by atoms with Gasteiger partial charge in [-0.1, -0.05) is 20.3 Å². The second-order valence-corrected chi connectivity index (χ2v) is 5.31. The Morgan fingerprint density at radius 2 is 1.95 bits per heavy atom. The summed E-state index contributed by atoms with van der Waals surface area (Å²) in [5, 5.41) is 8.17. The summed E-state index contributed by atoms with van der Waals surface area (Å²) in [5.74, 6) is 0.807. The third-order valence-electron chi connectivity index (χ3n) is 3.61. The van der Waals surface area contributed by atoms with Crippen molar-refractivity contribution < 1.29 is 14.0 Å². The minimum absolute atomic E-state index is 0.0633. The molecule has 0 aliphatic heterocycles. The molecule has 0 saturated heterocycles. The predicted octanol–water partition coefficient (Wildman–Crippen LogP) is 2.02. The largest absolute Gasteiger partial charge is 0.467 e. The number of hydrogen-bond donors (Lipinski definition) is 3. The molecule has 0 bridgehead atoms. The highest BCUT2D eigenvalue weighted by atomic mass is 16.3. The monoisotopic (exact) mass is 295 g/mol. The molecule has 0 fully saturated rings. The van der Waals surface area contributed by atoms with E-state index in [0.29, 0.717) is 18.2 Å². The molecule has 21 heavy (non-hydrogen) atoms. The first-order chi connectivity index (χ1) is 9.93. The molecule has 1 aromatic heterocycles. The fourth-order valence-corrected chi connectivity index (χ4v) is 1.75. The highest BCUT2D eigenvalue weighted by Crippen LogP contribution is 2.06. The molecule has 0 aliphatic rings. The van der Waals surface area contributed by atoms with Gasteiger partial charge >= 0.3 is 6.03 Å². The number of amides is 3. The Bertz CT molecular complexity index is 445. The molecule has 3 amide bonds. The predicted molar refractivity (Wildman–Crippen MR) is 80.6 cm³/mol. The van der Waals surface area contributed by atoms with Gasteiger partial charge in [-0.2, -0.15) is 0 Å². The molecule has 3 N–H and O–H groups in total. The highest BCUT2D eigenvalue weighted by Gasteiger charge is 2.18. The van der Waals surface area contributed by atoms with E-state index in [-0.39, 0.29) is 18.0 Å². The maximum Gasteiger partial charge on any atom is 0.315 e. The van der Waals surface area contributed by atoms with Gasteiger partial charge in [0.05, 0.1) is 12.8 Å². The highest BCUT2D eigenvalue weighted by molar-refractivity contribution is 5.86. The van der Waals surface area contributed by atoms with E-state index in [1.165, 1.54) is 0 Å². The maximum atomic E-state index is 11.9. The van der Waals surface area contributed by atoms with Gasteiger partial charge in [0.2, 0.25) is 5.91 Å². The molecular formula is C15H25N3O3. The molecule has 0 radical (unpaired) electrons. The topological polar surface area (TPSA) is 83.4 Å². The molecule has 3 atom stereocenters. The Labute approximate surface area is 125 Å². The van der Waals surface area contributed by atoms with Crippen molar-refractivity contribution in [3.8, 4) is 0 Å². The molecule has 1 rings (SSSR count). The molecule has 1 heterocycles. The maximum absolute atomic E-state index is 11.9. The van der Waals surface area contributed by atoms with Gasteiger partial charge in [-0.3, -0.25) is 4.79 Å². The minimum atomic E-state index is -0.607. The lowest BCUT2D eigenvalue weighted by molar-refractivity contribution is -0.122. The van der Waals surface area contributed by atoms with Crippen molar-refractivity contribution in [1.29, 1.82) is 0 Å². The van der Waals surface area contributed by atoms with Crippen LogP contribution in [-0.4, -0.2) is 24.0 Å². The van der Waals surface area contributed by atoms with E-state index < -0.39 is 6.04 Å². The summed E-state index contributed by atoms with van der Waals surface area (Å²) >= 11 is 0. The Morgan fingerprint density at radius 3 is 2.52 bits per heavy atom. The molecule has 0 unspecified atom stereocenters. The van der Waals surface area contributed by atoms with Crippen LogP contribution in [0.2, 0.25) is 0 Å². The van der Waals surface area contributed by atoms with Crippen LogP contribution in [0.3, 0.4) is 0 Å². The molecule has 6 nitrogen and oxygen atoms in total. The Morgan fingerprint density at radius 1 is 1.24 bits per heavy atom. The van der Waals surface area contributed by atoms with Gasteiger partial charge in [0.1, 0.15) is 11.8 Å². The van der Waals surface area contributed by atoms with Crippen molar-refractivity contribution in [2.24, 2.45) is 5.92 Å². The molecule has 0 aromatic carbocycles. The summed E-state index contributed by atoms with van der Waals surface area (Å²) in [6, 6.07) is 2.66. The Balaban J connectivity index is 2.32. The lowest BCUT2D eigenvalue weighted by Gasteiger charge is -2.21. The summed E-state index contributed by atoms with van der Waals surface area (Å²) < 4.78 is 5.12. The minimum Gasteiger partial charge on any atom is -0.467 e. The first kappa shape index (κ1) is 17.1.